The lowest BCUT2D eigenvalue weighted by Gasteiger charge is -2.26. The number of likely N-dealkylation sites (N-methyl/N-ethyl adjacent to an activating group) is 1. The van der Waals surface area contributed by atoms with Gasteiger partial charge in [-0.25, -0.2) is 0 Å². The molecule has 83 heavy (non-hydrogen) atoms. The van der Waals surface area contributed by atoms with Crippen molar-refractivity contribution in [3.05, 3.63) is 109 Å². The van der Waals surface area contributed by atoms with E-state index in [0.29, 0.717) is 17.4 Å². The van der Waals surface area contributed by atoms with E-state index in [1.54, 1.807) is 0 Å². The van der Waals surface area contributed by atoms with Crippen LogP contribution in [0.1, 0.15) is 284 Å². The van der Waals surface area contributed by atoms with Gasteiger partial charge in [0.25, 0.3) is 0 Å². The van der Waals surface area contributed by atoms with Crippen LogP contribution in [0.2, 0.25) is 0 Å². The van der Waals surface area contributed by atoms with Crippen molar-refractivity contribution >= 4 is 17.9 Å². The molecule has 0 bridgehead atoms. The van der Waals surface area contributed by atoms with Crippen LogP contribution in [0.25, 0.3) is 0 Å². The average molecular weight is 1160 g/mol. The molecule has 0 spiro atoms. The quantitative estimate of drug-likeness (QED) is 0.0195. The lowest BCUT2D eigenvalue weighted by atomic mass is 10.0. The van der Waals surface area contributed by atoms with Crippen LogP contribution in [0.3, 0.4) is 0 Å². The molecule has 9 nitrogen and oxygen atoms in total. The second kappa shape index (κ2) is 64.0. The van der Waals surface area contributed by atoms with Crippen molar-refractivity contribution in [2.45, 2.75) is 296 Å². The highest BCUT2D eigenvalue weighted by molar-refractivity contribution is 5.70. The minimum Gasteiger partial charge on any atom is -0.545 e. The predicted molar refractivity (Wildman–Crippen MR) is 352 cm³/mol. The smallest absolute Gasteiger partial charge is 0.306 e. The molecule has 0 aliphatic rings. The maximum absolute atomic E-state index is 12.9. The number of rotatable bonds is 62. The fourth-order valence-electron chi connectivity index (χ4n) is 9.31. The van der Waals surface area contributed by atoms with Crippen molar-refractivity contribution in [1.29, 1.82) is 0 Å². The van der Waals surface area contributed by atoms with E-state index >= 15 is 0 Å². The van der Waals surface area contributed by atoms with Crippen LogP contribution >= 0.6 is 0 Å². The fraction of sp³-hybridized carbons (Fsp3) is 0.716. The molecule has 0 aromatic carbocycles. The number of carbonyl (C=O) groups excluding carboxylic acids is 3. The SMILES string of the molecule is CC/C=C\C/C=C\C/C=C\C/C=C\C/C=C\C/C=C\CCCCCCCCCCCCCCCCC(=O)OC(COC(=O)CCCCCCCCCCCC/C=C\C/C=C\C/C=C\CCCCCCC)COC(OCC[N+](C)(C)C)C(=O)[O-]. The largest absolute Gasteiger partial charge is 0.545 e. The number of carboxylic acids is 1. The molecule has 0 aromatic heterocycles. The van der Waals surface area contributed by atoms with E-state index in [4.69, 9.17) is 18.9 Å². The average Bonchev–Trinajstić information content (AvgIpc) is 3.46. The lowest BCUT2D eigenvalue weighted by molar-refractivity contribution is -0.870. The topological polar surface area (TPSA) is 111 Å². The molecule has 0 aliphatic carbocycles. The Hall–Kier alpha value is -4.05. The van der Waals surface area contributed by atoms with Gasteiger partial charge >= 0.3 is 11.9 Å². The van der Waals surface area contributed by atoms with Gasteiger partial charge < -0.3 is 33.3 Å². The Labute approximate surface area is 511 Å². The minimum atomic E-state index is -1.63. The first-order valence-corrected chi connectivity index (χ1v) is 34.0. The number of esters is 2. The van der Waals surface area contributed by atoms with Gasteiger partial charge in [-0.05, 0) is 103 Å². The standard InChI is InChI=1S/C74H127NO8/c1-6-8-10-12-14-16-18-20-22-24-26-28-30-32-33-34-35-36-37-38-39-41-43-45-47-49-51-53-55-57-59-61-63-65-72(77)83-70(69-82-74(73(78)79)80-67-66-75(3,4)5)68-81-71(76)64-62-60-58-56-54-52-50-48-46-44-42-40-31-29-27-25-23-21-19-17-15-13-11-9-7-2/h8,10,14,16,19-22,25-28,31-33,35-36,40,70,74H,6-7,9,11-13,15,17-18,23-24,29-30,34,37-39,41-69H2,1-5H3/b10-8-,16-14-,21-19-,22-20-,27-25-,28-26-,33-32-,36-35-,40-31-. The van der Waals surface area contributed by atoms with E-state index in [0.717, 1.165) is 89.9 Å². The number of hydrogen-bond acceptors (Lipinski definition) is 8. The zero-order chi connectivity index (χ0) is 60.5. The summed E-state index contributed by atoms with van der Waals surface area (Å²) >= 11 is 0. The van der Waals surface area contributed by atoms with E-state index in [-0.39, 0.29) is 38.6 Å². The Bertz CT molecular complexity index is 1730. The number of unbranched alkanes of at least 4 members (excludes halogenated alkanes) is 29. The molecule has 0 saturated carbocycles. The summed E-state index contributed by atoms with van der Waals surface area (Å²) in [5.41, 5.74) is 0. The van der Waals surface area contributed by atoms with Gasteiger partial charge in [0.15, 0.2) is 12.4 Å². The first-order valence-electron chi connectivity index (χ1n) is 34.0. The zero-order valence-electron chi connectivity index (χ0n) is 54.3. The summed E-state index contributed by atoms with van der Waals surface area (Å²) < 4.78 is 22.8. The van der Waals surface area contributed by atoms with Gasteiger partial charge in [0.1, 0.15) is 13.2 Å². The Morgan fingerprint density at radius 2 is 0.687 bits per heavy atom. The number of hydrogen-bond donors (Lipinski definition) is 0. The van der Waals surface area contributed by atoms with Gasteiger partial charge in [-0.15, -0.1) is 0 Å². The molecule has 0 heterocycles. The van der Waals surface area contributed by atoms with Crippen molar-refractivity contribution in [2.24, 2.45) is 0 Å². The summed E-state index contributed by atoms with van der Waals surface area (Å²) in [6.07, 6.45) is 85.8. The Balaban J connectivity index is 4.16. The third-order valence-corrected chi connectivity index (χ3v) is 14.5. The second-order valence-electron chi connectivity index (χ2n) is 23.7. The molecular weight excluding hydrogens is 1030 g/mol. The van der Waals surface area contributed by atoms with Gasteiger partial charge in [0.05, 0.1) is 40.3 Å². The van der Waals surface area contributed by atoms with Gasteiger partial charge in [-0.1, -0.05) is 277 Å². The van der Waals surface area contributed by atoms with Crippen LogP contribution in [0.5, 0.6) is 0 Å². The molecule has 0 aromatic rings. The summed E-state index contributed by atoms with van der Waals surface area (Å²) in [5.74, 6) is -2.29. The van der Waals surface area contributed by atoms with Crippen molar-refractivity contribution in [2.75, 3.05) is 47.5 Å². The molecule has 0 saturated heterocycles. The second-order valence-corrected chi connectivity index (χ2v) is 23.7. The van der Waals surface area contributed by atoms with E-state index in [9.17, 15) is 19.5 Å². The number of carbonyl (C=O) groups is 3. The monoisotopic (exact) mass is 1160 g/mol. The first kappa shape index (κ1) is 79.0. The highest BCUT2D eigenvalue weighted by Gasteiger charge is 2.22. The Morgan fingerprint density at radius 1 is 0.373 bits per heavy atom. The number of nitrogens with zero attached hydrogens (tertiary/aromatic N) is 1. The number of allylic oxidation sites excluding steroid dienone is 18. The van der Waals surface area contributed by atoms with Gasteiger partial charge in [-0.2, -0.15) is 0 Å². The van der Waals surface area contributed by atoms with Crippen LogP contribution in [-0.2, 0) is 33.3 Å². The molecule has 9 heteroatoms. The van der Waals surface area contributed by atoms with Crippen molar-refractivity contribution in [3.8, 4) is 0 Å². The molecule has 2 unspecified atom stereocenters. The van der Waals surface area contributed by atoms with Crippen LogP contribution in [0.4, 0.5) is 0 Å². The van der Waals surface area contributed by atoms with Crippen LogP contribution in [-0.4, -0.2) is 82.3 Å². The first-order chi connectivity index (χ1) is 40.6. The summed E-state index contributed by atoms with van der Waals surface area (Å²) in [5, 5.41) is 11.8. The van der Waals surface area contributed by atoms with E-state index in [1.165, 1.54) is 161 Å². The molecule has 0 N–H and O–H groups in total. The lowest BCUT2D eigenvalue weighted by Crippen LogP contribution is -2.44. The summed E-state index contributed by atoms with van der Waals surface area (Å²) in [6, 6.07) is 0. The van der Waals surface area contributed by atoms with Crippen molar-refractivity contribution in [3.63, 3.8) is 0 Å². The maximum atomic E-state index is 12.9. The summed E-state index contributed by atoms with van der Waals surface area (Å²) in [4.78, 5) is 37.5. The number of carboxylic acid groups (broad SMARTS) is 1. The highest BCUT2D eigenvalue weighted by atomic mass is 16.7. The van der Waals surface area contributed by atoms with Gasteiger partial charge in [0, 0.05) is 12.8 Å². The van der Waals surface area contributed by atoms with Gasteiger partial charge in [-0.3, -0.25) is 9.59 Å². The fourth-order valence-corrected chi connectivity index (χ4v) is 9.31. The molecule has 0 amide bonds. The highest BCUT2D eigenvalue weighted by Crippen LogP contribution is 2.17. The van der Waals surface area contributed by atoms with Crippen LogP contribution < -0.4 is 5.11 Å². The Morgan fingerprint density at radius 3 is 1.02 bits per heavy atom. The minimum absolute atomic E-state index is 0.143. The van der Waals surface area contributed by atoms with E-state index in [1.807, 2.05) is 21.1 Å². The number of ether oxygens (including phenoxy) is 4. The number of aliphatic carboxylic acids is 1. The summed E-state index contributed by atoms with van der Waals surface area (Å²) in [6.45, 7) is 4.63. The van der Waals surface area contributed by atoms with E-state index < -0.39 is 24.3 Å². The van der Waals surface area contributed by atoms with Crippen LogP contribution in [0, 0.1) is 0 Å². The van der Waals surface area contributed by atoms with Crippen LogP contribution in [0.15, 0.2) is 109 Å². The van der Waals surface area contributed by atoms with Crippen molar-refractivity contribution < 1.29 is 42.9 Å². The van der Waals surface area contributed by atoms with Gasteiger partial charge in [0.2, 0.25) is 0 Å². The van der Waals surface area contributed by atoms with Crippen molar-refractivity contribution in [1.82, 2.24) is 0 Å². The third-order valence-electron chi connectivity index (χ3n) is 14.5. The molecule has 0 fully saturated rings. The summed E-state index contributed by atoms with van der Waals surface area (Å²) in [7, 11) is 5.93. The molecular formula is C74H127NO8. The molecule has 476 valence electrons. The molecule has 0 radical (unpaired) electrons. The maximum Gasteiger partial charge on any atom is 0.306 e. The van der Waals surface area contributed by atoms with E-state index in [2.05, 4.69) is 123 Å². The predicted octanol–water partition coefficient (Wildman–Crippen LogP) is 19.7. The Kier molecular flexibility index (Phi) is 60.8. The molecule has 2 atom stereocenters. The number of quaternary nitrogens is 1. The zero-order valence-corrected chi connectivity index (χ0v) is 54.3. The third kappa shape index (κ3) is 65.3. The molecule has 0 aliphatic heterocycles. The normalized spacial score (nSPS) is 13.4. The molecule has 0 rings (SSSR count).